The van der Waals surface area contributed by atoms with Gasteiger partial charge in [0.15, 0.2) is 6.10 Å². The largest absolute Gasteiger partial charge is 0.472 e. The van der Waals surface area contributed by atoms with Crippen molar-refractivity contribution < 1.29 is 75.8 Å². The maximum atomic E-state index is 12.9. The summed E-state index contributed by atoms with van der Waals surface area (Å²) in [4.78, 5) is 58.2. The zero-order chi connectivity index (χ0) is 63.8. The van der Waals surface area contributed by atoms with Crippen molar-refractivity contribution in [1.29, 1.82) is 0 Å². The van der Waals surface area contributed by atoms with Gasteiger partial charge in [-0.15, -0.1) is 0 Å². The Morgan fingerprint density at radius 1 is 0.333 bits per heavy atom. The van der Waals surface area contributed by atoms with Gasteiger partial charge in [-0.1, -0.05) is 219 Å². The van der Waals surface area contributed by atoms with E-state index in [1.807, 2.05) is 0 Å². The minimum atomic E-state index is -4.93. The van der Waals surface area contributed by atoms with Gasteiger partial charge < -0.3 is 34.2 Å². The molecule has 0 rings (SSSR count). The second-order valence-corrected chi connectivity index (χ2v) is 24.4. The summed E-state index contributed by atoms with van der Waals surface area (Å²) in [5.41, 5.74) is 0. The Morgan fingerprint density at radius 2 is 0.609 bits per heavy atom. The molecule has 0 spiro atoms. The normalized spacial score (nSPS) is 15.1. The standard InChI is InChI=1S/C69H116O16P2/c1-4-7-10-13-16-19-22-25-27-28-29-30-31-32-33-34-36-39-40-43-46-49-52-55-67(72)79-58-64(70)59-81-86(75,76)82-60-65(71)61-83-87(77,78)84-63-66(85-69(74)57-54-51-48-45-42-37-24-21-18-15-12-9-6-3)62-80-68(73)56-53-50-47-44-41-38-35-26-23-20-17-14-11-8-5-2/h7-8,10-12,15-17,19-21,24-27,29-30,32-33,35,64-66,70-71H,4-6,9,13-14,18,22-23,28,31,34,36-63H2,1-3H3,(H,75,76)(H,77,78)/b10-7-,11-8-,15-12-,19-16-,20-17-,24-21-,27-25-,30-29-,33-32-,35-26-. The van der Waals surface area contributed by atoms with E-state index in [4.69, 9.17) is 32.3 Å². The van der Waals surface area contributed by atoms with Crippen molar-refractivity contribution in [3.8, 4) is 0 Å². The topological polar surface area (TPSA) is 231 Å². The third kappa shape index (κ3) is 63.3. The van der Waals surface area contributed by atoms with Crippen LogP contribution in [-0.4, -0.2) is 95.9 Å². The molecule has 0 aromatic carbocycles. The number of rotatable bonds is 61. The number of carbonyl (C=O) groups excluding carboxylic acids is 3. The van der Waals surface area contributed by atoms with Crippen molar-refractivity contribution in [2.45, 2.75) is 257 Å². The number of carbonyl (C=O) groups is 3. The third-order valence-corrected chi connectivity index (χ3v) is 15.0. The molecule has 0 aliphatic carbocycles. The van der Waals surface area contributed by atoms with E-state index in [-0.39, 0.29) is 19.3 Å². The molecule has 87 heavy (non-hydrogen) atoms. The van der Waals surface area contributed by atoms with Gasteiger partial charge in [-0.25, -0.2) is 9.13 Å². The van der Waals surface area contributed by atoms with Gasteiger partial charge in [0.05, 0.1) is 26.4 Å². The summed E-state index contributed by atoms with van der Waals surface area (Å²) in [6, 6.07) is 0. The van der Waals surface area contributed by atoms with Crippen LogP contribution < -0.4 is 0 Å². The summed E-state index contributed by atoms with van der Waals surface area (Å²) in [5.74, 6) is -1.63. The molecule has 5 atom stereocenters. The predicted octanol–water partition coefficient (Wildman–Crippen LogP) is 17.9. The highest BCUT2D eigenvalue weighted by Crippen LogP contribution is 2.45. The molecule has 0 aromatic heterocycles. The first-order chi connectivity index (χ1) is 42.2. The molecule has 0 bridgehead atoms. The lowest BCUT2D eigenvalue weighted by molar-refractivity contribution is -0.161. The van der Waals surface area contributed by atoms with Crippen LogP contribution in [0.2, 0.25) is 0 Å². The second-order valence-electron chi connectivity index (χ2n) is 21.5. The van der Waals surface area contributed by atoms with Crippen molar-refractivity contribution >= 4 is 33.6 Å². The summed E-state index contributed by atoms with van der Waals surface area (Å²) in [6.07, 6.45) is 69.7. The van der Waals surface area contributed by atoms with E-state index < -0.39 is 91.5 Å². The van der Waals surface area contributed by atoms with Gasteiger partial charge in [0, 0.05) is 19.3 Å². The molecule has 16 nitrogen and oxygen atoms in total. The minimum Gasteiger partial charge on any atom is -0.463 e. The number of aliphatic hydroxyl groups excluding tert-OH is 2. The number of phosphoric ester groups is 2. The van der Waals surface area contributed by atoms with E-state index in [9.17, 15) is 43.5 Å². The summed E-state index contributed by atoms with van der Waals surface area (Å²) < 4.78 is 60.7. The van der Waals surface area contributed by atoms with Crippen LogP contribution in [0, 0.1) is 0 Å². The number of hydrogen-bond donors (Lipinski definition) is 4. The number of allylic oxidation sites excluding steroid dienone is 20. The summed E-state index contributed by atoms with van der Waals surface area (Å²) in [7, 11) is -9.79. The zero-order valence-electron chi connectivity index (χ0n) is 53.6. The van der Waals surface area contributed by atoms with Crippen LogP contribution in [0.5, 0.6) is 0 Å². The van der Waals surface area contributed by atoms with Crippen molar-refractivity contribution in [3.05, 3.63) is 122 Å². The van der Waals surface area contributed by atoms with Crippen LogP contribution in [0.25, 0.3) is 0 Å². The molecule has 18 heteroatoms. The molecule has 0 saturated heterocycles. The molecule has 0 aliphatic heterocycles. The lowest BCUT2D eigenvalue weighted by Gasteiger charge is -2.21. The van der Waals surface area contributed by atoms with E-state index in [0.717, 1.165) is 180 Å². The Labute approximate surface area is 525 Å². The van der Waals surface area contributed by atoms with Crippen molar-refractivity contribution in [1.82, 2.24) is 0 Å². The molecule has 0 fully saturated rings. The second kappa shape index (κ2) is 62.2. The Bertz CT molecular complexity index is 2070. The Kier molecular flexibility index (Phi) is 59.3. The molecule has 0 aliphatic rings. The quantitative estimate of drug-likeness (QED) is 0.0146. The molecule has 498 valence electrons. The number of unbranched alkanes of at least 4 members (excludes halogenated alkanes) is 18. The van der Waals surface area contributed by atoms with Gasteiger partial charge in [0.25, 0.3) is 0 Å². The molecular formula is C69H116O16P2. The van der Waals surface area contributed by atoms with Crippen LogP contribution in [0.3, 0.4) is 0 Å². The van der Waals surface area contributed by atoms with Gasteiger partial charge in [-0.05, 0) is 122 Å². The molecule has 0 saturated carbocycles. The Morgan fingerprint density at radius 3 is 0.966 bits per heavy atom. The predicted molar refractivity (Wildman–Crippen MR) is 353 cm³/mol. The maximum Gasteiger partial charge on any atom is 0.472 e. The molecule has 0 aromatic rings. The van der Waals surface area contributed by atoms with Gasteiger partial charge in [-0.2, -0.15) is 0 Å². The molecule has 0 heterocycles. The highest BCUT2D eigenvalue weighted by molar-refractivity contribution is 7.47. The van der Waals surface area contributed by atoms with E-state index in [2.05, 4.69) is 142 Å². The fourth-order valence-electron chi connectivity index (χ4n) is 8.18. The first-order valence-electron chi connectivity index (χ1n) is 32.8. The van der Waals surface area contributed by atoms with Crippen molar-refractivity contribution in [2.75, 3.05) is 39.6 Å². The van der Waals surface area contributed by atoms with Crippen LogP contribution in [0.15, 0.2) is 122 Å². The molecular weight excluding hydrogens is 1150 g/mol. The van der Waals surface area contributed by atoms with Crippen LogP contribution in [-0.2, 0) is 55.8 Å². The Hall–Kier alpha value is -4.05. The number of hydrogen-bond acceptors (Lipinski definition) is 14. The summed E-state index contributed by atoms with van der Waals surface area (Å²) in [5, 5.41) is 20.5. The van der Waals surface area contributed by atoms with Crippen LogP contribution >= 0.6 is 15.6 Å². The number of phosphoric acid groups is 2. The SMILES string of the molecule is CC/C=C\C/C=C\C/C=C\C/C=C\C/C=C\CCCCCCCCCC(=O)OCC(O)COP(=O)(O)OCC(O)COP(=O)(O)OCC(COC(=O)CCCCCCC/C=C\C/C=C\C/C=C\CC)OC(=O)CCCCCCC/C=C\C/C=C\CCC. The van der Waals surface area contributed by atoms with E-state index in [1.165, 1.54) is 0 Å². The smallest absolute Gasteiger partial charge is 0.463 e. The number of esters is 3. The van der Waals surface area contributed by atoms with E-state index in [1.54, 1.807) is 0 Å². The van der Waals surface area contributed by atoms with Gasteiger partial charge in [0.2, 0.25) is 0 Å². The van der Waals surface area contributed by atoms with E-state index >= 15 is 0 Å². The molecule has 0 radical (unpaired) electrons. The Balaban J connectivity index is 4.61. The lowest BCUT2D eigenvalue weighted by Crippen LogP contribution is -2.30. The van der Waals surface area contributed by atoms with Gasteiger partial charge >= 0.3 is 33.6 Å². The van der Waals surface area contributed by atoms with Crippen LogP contribution in [0.4, 0.5) is 0 Å². The first kappa shape index (κ1) is 83.0. The summed E-state index contributed by atoms with van der Waals surface area (Å²) in [6.45, 7) is 2.30. The summed E-state index contributed by atoms with van der Waals surface area (Å²) >= 11 is 0. The maximum absolute atomic E-state index is 12.9. The average Bonchev–Trinajstić information content (AvgIpc) is 3.63. The monoisotopic (exact) mass is 1260 g/mol. The van der Waals surface area contributed by atoms with Gasteiger partial charge in [-0.3, -0.25) is 32.5 Å². The number of ether oxygens (including phenoxy) is 3. The highest BCUT2D eigenvalue weighted by atomic mass is 31.2. The van der Waals surface area contributed by atoms with Crippen molar-refractivity contribution in [2.24, 2.45) is 0 Å². The van der Waals surface area contributed by atoms with E-state index in [0.29, 0.717) is 19.3 Å². The van der Waals surface area contributed by atoms with Gasteiger partial charge in [0.1, 0.15) is 25.4 Å². The first-order valence-corrected chi connectivity index (χ1v) is 35.8. The fraction of sp³-hybridized carbons (Fsp3) is 0.667. The molecule has 5 unspecified atom stereocenters. The fourth-order valence-corrected chi connectivity index (χ4v) is 9.76. The third-order valence-electron chi connectivity index (χ3n) is 13.1. The molecule has 4 N–H and O–H groups in total. The molecule has 0 amide bonds. The van der Waals surface area contributed by atoms with Crippen LogP contribution in [0.1, 0.15) is 239 Å². The average molecular weight is 1260 g/mol. The zero-order valence-corrected chi connectivity index (χ0v) is 55.4. The highest BCUT2D eigenvalue weighted by Gasteiger charge is 2.29. The lowest BCUT2D eigenvalue weighted by atomic mass is 10.1. The number of aliphatic hydroxyl groups is 2. The van der Waals surface area contributed by atoms with Crippen molar-refractivity contribution in [3.63, 3.8) is 0 Å². The minimum absolute atomic E-state index is 0.0815.